The third-order valence-corrected chi connectivity index (χ3v) is 25.7. The van der Waals surface area contributed by atoms with Crippen LogP contribution in [0.2, 0.25) is 0 Å². The van der Waals surface area contributed by atoms with E-state index in [2.05, 4.69) is 44.0 Å². The molecule has 2 aromatic rings. The van der Waals surface area contributed by atoms with E-state index in [-0.39, 0.29) is 36.5 Å². The van der Waals surface area contributed by atoms with Gasteiger partial charge in [0, 0.05) is 51.8 Å². The molecule has 8 bridgehead atoms. The third-order valence-electron chi connectivity index (χ3n) is 20.8. The van der Waals surface area contributed by atoms with Gasteiger partial charge < -0.3 is 18.9 Å². The highest BCUT2D eigenvalue weighted by Gasteiger charge is 2.70. The van der Waals surface area contributed by atoms with Gasteiger partial charge in [-0.15, -0.1) is 0 Å². The van der Waals surface area contributed by atoms with E-state index < -0.39 is 0 Å². The van der Waals surface area contributed by atoms with Crippen molar-refractivity contribution >= 4 is 70.1 Å². The van der Waals surface area contributed by atoms with Crippen LogP contribution in [0.15, 0.2) is 48.5 Å². The first-order valence-corrected chi connectivity index (χ1v) is 31.7. The van der Waals surface area contributed by atoms with E-state index in [1.807, 2.05) is 59.9 Å². The van der Waals surface area contributed by atoms with Crippen LogP contribution in [0.3, 0.4) is 0 Å². The second-order valence-electron chi connectivity index (χ2n) is 24.1. The van der Waals surface area contributed by atoms with Gasteiger partial charge in [0.05, 0.1) is 20.0 Å². The van der Waals surface area contributed by atoms with E-state index >= 15 is 0 Å². The Hall–Kier alpha value is -2.28. The molecule has 20 unspecified atom stereocenters. The van der Waals surface area contributed by atoms with Gasteiger partial charge in [0.1, 0.15) is 24.7 Å². The minimum Gasteiger partial charge on any atom is -0.497 e. The minimum atomic E-state index is -0.308. The number of ether oxygens (including phenoxy) is 4. The fraction of sp³-hybridized carbons (Fsp3) is 0.729. The van der Waals surface area contributed by atoms with Crippen molar-refractivity contribution in [2.45, 2.75) is 131 Å². The average molecular weight is 1040 g/mol. The van der Waals surface area contributed by atoms with Crippen molar-refractivity contribution in [3.05, 3.63) is 59.7 Å². The van der Waals surface area contributed by atoms with Gasteiger partial charge in [0.25, 0.3) is 0 Å². The molecule has 10 fully saturated rings. The molecule has 2 aromatic carbocycles. The van der Waals surface area contributed by atoms with E-state index in [0.29, 0.717) is 34.2 Å². The lowest BCUT2D eigenvalue weighted by Crippen LogP contribution is -2.39. The average Bonchev–Trinajstić information content (AvgIpc) is 4.20. The molecule has 0 amide bonds. The number of methoxy groups -OCH3 is 1. The van der Waals surface area contributed by atoms with Gasteiger partial charge in [-0.05, 0) is 201 Å². The summed E-state index contributed by atoms with van der Waals surface area (Å²) >= 11 is 7.83. The Morgan fingerprint density at radius 2 is 1.00 bits per heavy atom. The van der Waals surface area contributed by atoms with Gasteiger partial charge in [0.2, 0.25) is 0 Å². The maximum atomic E-state index is 12.5. The number of carbonyl (C=O) groups is 4. The zero-order chi connectivity index (χ0) is 49.3. The molecule has 0 aromatic heterocycles. The molecule has 10 aliphatic rings. The summed E-state index contributed by atoms with van der Waals surface area (Å²) in [5.41, 5.74) is 2.22. The van der Waals surface area contributed by atoms with Crippen LogP contribution in [0.25, 0.3) is 0 Å². The van der Waals surface area contributed by atoms with Gasteiger partial charge in [0.15, 0.2) is 5.12 Å². The summed E-state index contributed by atoms with van der Waals surface area (Å²) in [4.78, 5) is 47.7. The van der Waals surface area contributed by atoms with Crippen LogP contribution in [0.5, 0.6) is 11.5 Å². The molecule has 71 heavy (non-hydrogen) atoms. The van der Waals surface area contributed by atoms with Crippen molar-refractivity contribution in [2.75, 3.05) is 38.1 Å². The van der Waals surface area contributed by atoms with Crippen molar-refractivity contribution in [1.29, 1.82) is 0 Å². The second-order valence-corrected chi connectivity index (χ2v) is 29.5. The van der Waals surface area contributed by atoms with Crippen molar-refractivity contribution in [3.63, 3.8) is 0 Å². The summed E-state index contributed by atoms with van der Waals surface area (Å²) in [6, 6.07) is 15.7. The normalized spacial score (nSPS) is 39.9. The van der Waals surface area contributed by atoms with Crippen LogP contribution in [-0.4, -0.2) is 82.1 Å². The summed E-state index contributed by atoms with van der Waals surface area (Å²) < 4.78 is 21.2. The summed E-state index contributed by atoms with van der Waals surface area (Å²) in [6.45, 7) is 7.81. The number of esters is 3. The molecule has 20 atom stereocenters. The van der Waals surface area contributed by atoms with E-state index in [1.54, 1.807) is 38.6 Å². The zero-order valence-electron chi connectivity index (χ0n) is 42.9. The summed E-state index contributed by atoms with van der Waals surface area (Å²) in [5.74, 6) is 17.8. The molecule has 8 nitrogen and oxygen atoms in total. The van der Waals surface area contributed by atoms with Crippen LogP contribution in [0, 0.1) is 94.7 Å². The molecule has 386 valence electrons. The highest BCUT2D eigenvalue weighted by atomic mass is 32.2. The number of thioether (sulfide) groups is 4. The molecule has 10 aliphatic carbocycles. The van der Waals surface area contributed by atoms with Gasteiger partial charge in [-0.25, -0.2) is 0 Å². The number of carbonyl (C=O) groups excluding carboxylic acids is 4. The lowest BCUT2D eigenvalue weighted by molar-refractivity contribution is -0.151. The standard InChI is InChI=1S/C41H58O5S4.C18H20O3/c1-19(42)50-23-15-26-27(16-23)31-18-29(26)39-21-10-33(41(31)39)35(12-21)49-8-4-37(44)46-6-5-45-36(43)3-7-48-22-13-24-25(14-22)30-17-28(24)38-20-9-32(40(30)38)34(11-20)47-2;1-13(19)21-17-11-7-15(8-12-17)18(2,3)14-5-9-16(20-4)10-6-14/h20-35,38-41H,3-18H2,1-2H3;5-12H,1-4H3. The number of hydrogen-bond donors (Lipinski definition) is 0. The number of rotatable bonds is 17. The fourth-order valence-corrected chi connectivity index (χ4v) is 23.7. The molecule has 10 saturated carbocycles. The lowest BCUT2D eigenvalue weighted by atomic mass is 9.64. The first-order valence-electron chi connectivity index (χ1n) is 27.5. The van der Waals surface area contributed by atoms with Crippen LogP contribution >= 0.6 is 47.0 Å². The van der Waals surface area contributed by atoms with Crippen LogP contribution in [-0.2, 0) is 34.1 Å². The Labute approximate surface area is 440 Å². The van der Waals surface area contributed by atoms with Gasteiger partial charge in [-0.2, -0.15) is 35.3 Å². The van der Waals surface area contributed by atoms with Crippen molar-refractivity contribution in [3.8, 4) is 11.5 Å². The number of fused-ring (bicyclic) bond motifs is 24. The SMILES string of the molecule is COc1ccc(C(C)(C)c2ccc(OC(C)=O)cc2)cc1.CSC1CC2CC1C1C3CC(C4CC(SCCC(=O)OCCOC(=O)CCSC5CC6CC5C5C7CC(C8CC(SC(C)=O)CC87)C65)CC43)C21. The molecule has 0 saturated heterocycles. The Balaban J connectivity index is 0.000000219. The first kappa shape index (κ1) is 50.9. The largest absolute Gasteiger partial charge is 0.497 e. The zero-order valence-corrected chi connectivity index (χ0v) is 46.1. The van der Waals surface area contributed by atoms with Gasteiger partial charge >= 0.3 is 17.9 Å². The maximum absolute atomic E-state index is 12.5. The number of hydrogen-bond acceptors (Lipinski definition) is 12. The minimum absolute atomic E-state index is 0.138. The Morgan fingerprint density at radius 1 is 0.535 bits per heavy atom. The lowest BCUT2D eigenvalue weighted by Gasteiger charge is -2.43. The Bertz CT molecular complexity index is 2270. The fourth-order valence-electron chi connectivity index (χ4n) is 18.7. The van der Waals surface area contributed by atoms with Gasteiger partial charge in [-0.1, -0.05) is 49.9 Å². The monoisotopic (exact) mass is 1040 g/mol. The predicted octanol–water partition coefficient (Wildman–Crippen LogP) is 12.3. The molecular formula is C59H78O8S4. The quantitative estimate of drug-likeness (QED) is 0.0652. The van der Waals surface area contributed by atoms with Crippen molar-refractivity contribution in [1.82, 2.24) is 0 Å². The van der Waals surface area contributed by atoms with E-state index in [1.165, 1.54) is 63.9 Å². The third kappa shape index (κ3) is 9.80. The van der Waals surface area contributed by atoms with Crippen LogP contribution in [0.4, 0.5) is 0 Å². The molecule has 0 heterocycles. The summed E-state index contributed by atoms with van der Waals surface area (Å²) in [7, 11) is 1.66. The molecule has 12 heteroatoms. The van der Waals surface area contributed by atoms with Crippen LogP contribution in [0.1, 0.15) is 116 Å². The molecule has 0 radical (unpaired) electrons. The molecular weight excluding hydrogens is 965 g/mol. The highest BCUT2D eigenvalue weighted by molar-refractivity contribution is 8.14. The molecule has 0 spiro atoms. The van der Waals surface area contributed by atoms with E-state index in [9.17, 15) is 19.2 Å². The van der Waals surface area contributed by atoms with Crippen molar-refractivity contribution in [2.24, 2.45) is 94.7 Å². The van der Waals surface area contributed by atoms with E-state index in [4.69, 9.17) is 18.9 Å². The topological polar surface area (TPSA) is 105 Å². The highest BCUT2D eigenvalue weighted by Crippen LogP contribution is 2.75. The Morgan fingerprint density at radius 3 is 1.49 bits per heavy atom. The van der Waals surface area contributed by atoms with Crippen molar-refractivity contribution < 1.29 is 38.1 Å². The molecule has 0 aliphatic heterocycles. The van der Waals surface area contributed by atoms with E-state index in [0.717, 1.165) is 128 Å². The first-order chi connectivity index (χ1) is 34.3. The van der Waals surface area contributed by atoms with Crippen LogP contribution < -0.4 is 9.47 Å². The summed E-state index contributed by atoms with van der Waals surface area (Å²) in [6.07, 6.45) is 17.4. The maximum Gasteiger partial charge on any atom is 0.308 e. The predicted molar refractivity (Wildman–Crippen MR) is 288 cm³/mol. The smallest absolute Gasteiger partial charge is 0.308 e. The summed E-state index contributed by atoms with van der Waals surface area (Å²) in [5, 5.41) is 3.25. The molecule has 12 rings (SSSR count). The Kier molecular flexibility index (Phi) is 15.1. The number of benzene rings is 2. The second kappa shape index (κ2) is 21.0. The van der Waals surface area contributed by atoms with Gasteiger partial charge in [-0.3, -0.25) is 19.2 Å². The molecule has 0 N–H and O–H groups in total.